The molecule has 74 heavy (non-hydrogen) atoms. The van der Waals surface area contributed by atoms with Gasteiger partial charge >= 0.3 is 11.9 Å². The molecule has 3 rings (SSSR count). The van der Waals surface area contributed by atoms with E-state index in [1.807, 2.05) is 43.3 Å². The van der Waals surface area contributed by atoms with Gasteiger partial charge < -0.3 is 63.6 Å². The number of aliphatic imine (C=N–C) groups is 1. The van der Waals surface area contributed by atoms with E-state index in [2.05, 4.69) is 48.8 Å². The van der Waals surface area contributed by atoms with Crippen LogP contribution in [0, 0.1) is 17.8 Å². The number of methoxy groups -OCH3 is 1. The Balaban J connectivity index is 2.10. The topological polar surface area (TPSA) is 352 Å². The number of ether oxygens (including phenoxy) is 1. The number of guanidine groups is 1. The van der Waals surface area contributed by atoms with Crippen molar-refractivity contribution in [3.05, 3.63) is 108 Å². The molecule has 0 bridgehead atoms. The summed E-state index contributed by atoms with van der Waals surface area (Å²) in [5.74, 6) is -12.6. The average molecular weight is 1030 g/mol. The van der Waals surface area contributed by atoms with E-state index in [9.17, 15) is 53.4 Å². The fourth-order valence-corrected chi connectivity index (χ4v) is 7.81. The number of aliphatic carboxylic acids is 2. The maximum atomic E-state index is 14.4. The van der Waals surface area contributed by atoms with Gasteiger partial charge in [-0.15, -0.1) is 0 Å². The van der Waals surface area contributed by atoms with E-state index in [0.717, 1.165) is 11.1 Å². The normalized spacial score (nSPS) is 24.5. The minimum atomic E-state index is -1.91. The molecular formula is C52H72N10O12. The van der Waals surface area contributed by atoms with Gasteiger partial charge in [-0.2, -0.15) is 0 Å². The van der Waals surface area contributed by atoms with E-state index in [0.29, 0.717) is 12.0 Å². The Morgan fingerprint density at radius 3 is 1.95 bits per heavy atom. The second-order valence-electron chi connectivity index (χ2n) is 18.3. The third-order valence-electron chi connectivity index (χ3n) is 12.4. The van der Waals surface area contributed by atoms with Crippen LogP contribution in [0.1, 0.15) is 77.8 Å². The standard InChI is InChI=1S/C52H72N10O12/c1-29(27-30(2)41(74-7)28-36-17-12-9-13-18-36)20-22-37-31(3)44(64)61-40(50(70)71)24-25-42(63)56-33(5)46(66)57-34(6)47(67)60-39(23-21-35-15-10-8-11-16-35)49(69)62-43(51(72)73)32(4)45(65)59-38(48(68)58-37)19-14-26-55-52(53)54/h8-13,15-18,20,22,27,30-32,34,37-41,43H,5,14,19,21,23-26,28H2,1-4,6-7H3,(H,56,63)(H,57,66)(H,58,68)(H,59,65)(H,60,67)(H,61,64)(H,62,69)(H,70,71)(H,72,73)(H4,53,54,55)/b22-20+,29-27+/t30-,31-,32?,34+,37?,38?,39-,40+,41-,43?/m0/s1. The Morgan fingerprint density at radius 2 is 1.35 bits per heavy atom. The molecule has 0 aliphatic carbocycles. The van der Waals surface area contributed by atoms with Crippen molar-refractivity contribution in [1.29, 1.82) is 0 Å². The minimum Gasteiger partial charge on any atom is -0.480 e. The monoisotopic (exact) mass is 1030 g/mol. The molecule has 2 aromatic rings. The molecular weight excluding hydrogens is 957 g/mol. The molecule has 1 fully saturated rings. The van der Waals surface area contributed by atoms with Crippen LogP contribution < -0.4 is 48.7 Å². The van der Waals surface area contributed by atoms with Crippen molar-refractivity contribution in [2.75, 3.05) is 13.7 Å². The van der Waals surface area contributed by atoms with E-state index in [1.165, 1.54) is 26.8 Å². The highest BCUT2D eigenvalue weighted by atomic mass is 16.5. The summed E-state index contributed by atoms with van der Waals surface area (Å²) in [5.41, 5.74) is 13.1. The summed E-state index contributed by atoms with van der Waals surface area (Å²) in [4.78, 5) is 125. The van der Waals surface area contributed by atoms with Gasteiger partial charge in [0.25, 0.3) is 5.91 Å². The van der Waals surface area contributed by atoms with E-state index >= 15 is 0 Å². The number of carbonyl (C=O) groups excluding carboxylic acids is 7. The average Bonchev–Trinajstić information content (AvgIpc) is 3.36. The van der Waals surface area contributed by atoms with Crippen LogP contribution in [0.3, 0.4) is 0 Å². The zero-order valence-electron chi connectivity index (χ0n) is 42.7. The fraction of sp³-hybridized carbons (Fsp3) is 0.462. The number of hydrogen-bond acceptors (Lipinski definition) is 11. The lowest BCUT2D eigenvalue weighted by Gasteiger charge is -2.28. The molecule has 7 amide bonds. The molecule has 0 spiro atoms. The lowest BCUT2D eigenvalue weighted by molar-refractivity contribution is -0.146. The summed E-state index contributed by atoms with van der Waals surface area (Å²) in [6.07, 6.45) is 4.71. The van der Waals surface area contributed by atoms with Gasteiger partial charge in [-0.3, -0.25) is 38.6 Å². The van der Waals surface area contributed by atoms with E-state index in [1.54, 1.807) is 50.4 Å². The summed E-state index contributed by atoms with van der Waals surface area (Å²) in [7, 11) is 1.61. The number of nitrogens with zero attached hydrogens (tertiary/aromatic N) is 1. The second kappa shape index (κ2) is 30.2. The molecule has 1 heterocycles. The van der Waals surface area contributed by atoms with Crippen LogP contribution in [0.25, 0.3) is 0 Å². The maximum Gasteiger partial charge on any atom is 0.327 e. The van der Waals surface area contributed by atoms with Crippen molar-refractivity contribution in [2.24, 2.45) is 34.2 Å². The zero-order valence-corrected chi connectivity index (χ0v) is 42.7. The van der Waals surface area contributed by atoms with Crippen LogP contribution in [-0.2, 0) is 60.7 Å². The molecule has 1 saturated heterocycles. The first-order valence-electron chi connectivity index (χ1n) is 24.3. The first kappa shape index (κ1) is 60.4. The van der Waals surface area contributed by atoms with Crippen LogP contribution in [0.15, 0.2) is 102 Å². The summed E-state index contributed by atoms with van der Waals surface area (Å²) >= 11 is 0. The smallest absolute Gasteiger partial charge is 0.327 e. The number of nitrogens with two attached hydrogens (primary N) is 2. The summed E-state index contributed by atoms with van der Waals surface area (Å²) in [6, 6.07) is 9.71. The molecule has 402 valence electrons. The molecule has 4 unspecified atom stereocenters. The number of allylic oxidation sites excluding steroid dienone is 2. The molecule has 22 nitrogen and oxygen atoms in total. The van der Waals surface area contributed by atoms with Crippen molar-refractivity contribution in [3.8, 4) is 0 Å². The minimum absolute atomic E-state index is 0.0174. The van der Waals surface area contributed by atoms with Gasteiger partial charge in [0.15, 0.2) is 5.96 Å². The first-order valence-corrected chi connectivity index (χ1v) is 24.3. The maximum absolute atomic E-state index is 14.4. The highest BCUT2D eigenvalue weighted by Gasteiger charge is 2.37. The number of carboxylic acids is 2. The quantitative estimate of drug-likeness (QED) is 0.0366. The molecule has 2 aromatic carbocycles. The fourth-order valence-electron chi connectivity index (χ4n) is 7.81. The Hall–Kier alpha value is -7.88. The summed E-state index contributed by atoms with van der Waals surface area (Å²) < 4.78 is 5.82. The van der Waals surface area contributed by atoms with Gasteiger partial charge in [0.05, 0.1) is 29.7 Å². The van der Waals surface area contributed by atoms with Gasteiger partial charge in [0.1, 0.15) is 30.2 Å². The second-order valence-corrected chi connectivity index (χ2v) is 18.3. The third kappa shape index (κ3) is 20.3. The van der Waals surface area contributed by atoms with Crippen LogP contribution in [0.5, 0.6) is 0 Å². The first-order chi connectivity index (χ1) is 35.0. The van der Waals surface area contributed by atoms with E-state index in [-0.39, 0.29) is 50.2 Å². The Labute approximate surface area is 431 Å². The number of carbonyl (C=O) groups is 9. The van der Waals surface area contributed by atoms with Crippen LogP contribution in [-0.4, -0.2) is 125 Å². The van der Waals surface area contributed by atoms with Gasteiger partial charge in [-0.1, -0.05) is 112 Å². The van der Waals surface area contributed by atoms with Gasteiger partial charge in [0, 0.05) is 26.0 Å². The molecule has 0 saturated carbocycles. The van der Waals surface area contributed by atoms with Crippen LogP contribution in [0.2, 0.25) is 0 Å². The van der Waals surface area contributed by atoms with Gasteiger partial charge in [-0.05, 0) is 63.5 Å². The van der Waals surface area contributed by atoms with Crippen molar-refractivity contribution in [1.82, 2.24) is 37.2 Å². The summed E-state index contributed by atoms with van der Waals surface area (Å²) in [6.45, 7) is 11.3. The summed E-state index contributed by atoms with van der Waals surface area (Å²) in [5, 5.41) is 37.8. The van der Waals surface area contributed by atoms with Gasteiger partial charge in [0.2, 0.25) is 35.4 Å². The number of hydrogen-bond donors (Lipinski definition) is 11. The van der Waals surface area contributed by atoms with Crippen LogP contribution >= 0.6 is 0 Å². The van der Waals surface area contributed by atoms with Gasteiger partial charge in [-0.25, -0.2) is 9.59 Å². The number of benzene rings is 2. The van der Waals surface area contributed by atoms with Crippen molar-refractivity contribution in [3.63, 3.8) is 0 Å². The molecule has 0 aromatic heterocycles. The number of amides is 7. The number of nitrogens with one attached hydrogen (secondary N) is 7. The van der Waals surface area contributed by atoms with Crippen molar-refractivity contribution in [2.45, 2.75) is 122 Å². The Bertz CT molecular complexity index is 2390. The molecule has 1 aliphatic heterocycles. The molecule has 1 aliphatic rings. The van der Waals surface area contributed by atoms with E-state index < -0.39 is 120 Å². The highest BCUT2D eigenvalue weighted by Crippen LogP contribution is 2.19. The Morgan fingerprint density at radius 1 is 0.770 bits per heavy atom. The van der Waals surface area contributed by atoms with Crippen molar-refractivity contribution >= 4 is 59.2 Å². The molecule has 10 atom stereocenters. The van der Waals surface area contributed by atoms with E-state index in [4.69, 9.17) is 16.2 Å². The predicted octanol–water partition coefficient (Wildman–Crippen LogP) is 0.863. The van der Waals surface area contributed by atoms with Crippen LogP contribution in [0.4, 0.5) is 0 Å². The molecule has 22 heteroatoms. The zero-order chi connectivity index (χ0) is 55.1. The third-order valence-corrected chi connectivity index (χ3v) is 12.4. The highest BCUT2D eigenvalue weighted by molar-refractivity contribution is 6.00. The number of carboxylic acid groups (broad SMARTS) is 2. The lowest BCUT2D eigenvalue weighted by Crippen LogP contribution is -2.59. The largest absolute Gasteiger partial charge is 0.480 e. The SMILES string of the molecule is C=C1NC(=O)CC[C@H](C(=O)O)NC(=O)[C@@H](C)C(/C=C/C(C)=C/[C@H](C)[C@H](Cc2ccccc2)OC)NC(=O)C(CCCN=C(N)N)NC(=O)C(C)C(C(=O)O)NC(=O)[C@H](CCc2ccccc2)NC(=O)[C@@H](C)NC1=O. The molecule has 0 radical (unpaired) electrons. The number of rotatable bonds is 16. The molecule has 13 N–H and O–H groups in total. The Kier molecular flexibility index (Phi) is 24.7. The predicted molar refractivity (Wildman–Crippen MR) is 275 cm³/mol. The van der Waals surface area contributed by atoms with Crippen molar-refractivity contribution < 1.29 is 58.1 Å². The number of aryl methyl sites for hydroxylation is 1. The lowest BCUT2D eigenvalue weighted by atomic mass is 9.94.